The Bertz CT molecular complexity index is 811. The zero-order chi connectivity index (χ0) is 17.4. The molecule has 1 aromatic carbocycles. The quantitative estimate of drug-likeness (QED) is 0.827. The van der Waals surface area contributed by atoms with Crippen molar-refractivity contribution in [1.82, 2.24) is 4.90 Å². The second-order valence-electron chi connectivity index (χ2n) is 6.56. The fourth-order valence-electron chi connectivity index (χ4n) is 2.54. The van der Waals surface area contributed by atoms with Crippen LogP contribution in [-0.4, -0.2) is 30.9 Å². The van der Waals surface area contributed by atoms with E-state index in [2.05, 4.69) is 15.9 Å². The molecule has 23 heavy (non-hydrogen) atoms. The summed E-state index contributed by atoms with van der Waals surface area (Å²) in [5.74, 6) is -0.348. The Morgan fingerprint density at radius 3 is 2.65 bits per heavy atom. The zero-order valence-electron chi connectivity index (χ0n) is 13.8. The van der Waals surface area contributed by atoms with Gasteiger partial charge in [0.15, 0.2) is 0 Å². The summed E-state index contributed by atoms with van der Waals surface area (Å²) < 4.78 is 6.17. The third-order valence-electron chi connectivity index (χ3n) is 3.91. The van der Waals surface area contributed by atoms with E-state index >= 15 is 0 Å². The molecule has 5 nitrogen and oxygen atoms in total. The highest BCUT2D eigenvalue weighted by molar-refractivity contribution is 9.10. The molecule has 2 rings (SSSR count). The van der Waals surface area contributed by atoms with Crippen LogP contribution in [0.5, 0.6) is 0 Å². The number of nitrogens with zero attached hydrogens (tertiary/aromatic N) is 1. The molecule has 0 spiro atoms. The van der Waals surface area contributed by atoms with E-state index in [9.17, 15) is 9.59 Å². The number of benzene rings is 1. The number of hydrogen-bond acceptors (Lipinski definition) is 4. The summed E-state index contributed by atoms with van der Waals surface area (Å²) in [4.78, 5) is 26.5. The van der Waals surface area contributed by atoms with Gasteiger partial charge in [0.25, 0.3) is 5.91 Å². The first-order valence-electron chi connectivity index (χ1n) is 7.35. The molecule has 0 unspecified atom stereocenters. The minimum absolute atomic E-state index is 0.0749. The normalized spacial score (nSPS) is 11.7. The molecule has 0 fully saturated rings. The van der Waals surface area contributed by atoms with Crippen molar-refractivity contribution < 1.29 is 9.21 Å². The summed E-state index contributed by atoms with van der Waals surface area (Å²) in [6.07, 6.45) is 0. The molecular formula is C17H21BrN2O3. The smallest absolute Gasteiger partial charge is 0.349 e. The molecule has 2 N–H and O–H groups in total. The van der Waals surface area contributed by atoms with E-state index in [1.54, 1.807) is 26.1 Å². The predicted octanol–water partition coefficient (Wildman–Crippen LogP) is 2.92. The lowest BCUT2D eigenvalue weighted by atomic mass is 9.93. The summed E-state index contributed by atoms with van der Waals surface area (Å²) >= 11 is 3.40. The van der Waals surface area contributed by atoms with Crippen molar-refractivity contribution in [2.24, 2.45) is 11.1 Å². The van der Waals surface area contributed by atoms with Crippen molar-refractivity contribution in [3.63, 3.8) is 0 Å². The van der Waals surface area contributed by atoms with Gasteiger partial charge < -0.3 is 15.1 Å². The Labute approximate surface area is 143 Å². The largest absolute Gasteiger partial charge is 0.422 e. The first kappa shape index (κ1) is 17.7. The van der Waals surface area contributed by atoms with Crippen LogP contribution in [0.1, 0.15) is 29.8 Å². The number of halogens is 1. The lowest BCUT2D eigenvalue weighted by Gasteiger charge is -2.29. The van der Waals surface area contributed by atoms with Crippen molar-refractivity contribution in [3.8, 4) is 0 Å². The number of hydrogen-bond donors (Lipinski definition) is 1. The molecule has 0 aliphatic rings. The number of aryl methyl sites for hydroxylation is 1. The number of nitrogens with two attached hydrogens (primary N) is 1. The van der Waals surface area contributed by atoms with Crippen LogP contribution in [0.15, 0.2) is 31.9 Å². The first-order chi connectivity index (χ1) is 10.7. The van der Waals surface area contributed by atoms with Gasteiger partial charge in [-0.3, -0.25) is 4.79 Å². The fraction of sp³-hybridized carbons (Fsp3) is 0.412. The summed E-state index contributed by atoms with van der Waals surface area (Å²) in [6, 6.07) is 5.35. The zero-order valence-corrected chi connectivity index (χ0v) is 15.4. The van der Waals surface area contributed by atoms with Crippen LogP contribution in [0.3, 0.4) is 0 Å². The third kappa shape index (κ3) is 3.64. The molecule has 6 heteroatoms. The molecule has 0 aliphatic heterocycles. The number of carbonyl (C=O) groups excluding carboxylic acids is 1. The monoisotopic (exact) mass is 380 g/mol. The number of amides is 1. The van der Waals surface area contributed by atoms with Crippen molar-refractivity contribution in [1.29, 1.82) is 0 Å². The van der Waals surface area contributed by atoms with Gasteiger partial charge in [-0.25, -0.2) is 4.79 Å². The molecule has 0 saturated carbocycles. The first-order valence-corrected chi connectivity index (χ1v) is 8.14. The van der Waals surface area contributed by atoms with Crippen molar-refractivity contribution >= 4 is 32.8 Å². The predicted molar refractivity (Wildman–Crippen MR) is 94.7 cm³/mol. The molecule has 0 bridgehead atoms. The number of carbonyl (C=O) groups is 1. The molecule has 0 radical (unpaired) electrons. The van der Waals surface area contributed by atoms with Crippen LogP contribution in [0, 0.1) is 12.3 Å². The lowest BCUT2D eigenvalue weighted by molar-refractivity contribution is 0.0735. The van der Waals surface area contributed by atoms with Gasteiger partial charge in [-0.15, -0.1) is 0 Å². The molecule has 1 heterocycles. The number of fused-ring (bicyclic) bond motifs is 1. The van der Waals surface area contributed by atoms with E-state index in [1.165, 1.54) is 4.90 Å². The van der Waals surface area contributed by atoms with Gasteiger partial charge in [0.1, 0.15) is 11.1 Å². The van der Waals surface area contributed by atoms with Crippen LogP contribution >= 0.6 is 15.9 Å². The Kier molecular flexibility index (Phi) is 4.96. The molecule has 1 aromatic heterocycles. The van der Waals surface area contributed by atoms with Crippen LogP contribution in [0.25, 0.3) is 11.0 Å². The molecule has 124 valence electrons. The van der Waals surface area contributed by atoms with E-state index in [-0.39, 0.29) is 16.9 Å². The Balaban J connectivity index is 2.50. The Morgan fingerprint density at radius 2 is 2.04 bits per heavy atom. The topological polar surface area (TPSA) is 76.5 Å². The minimum Gasteiger partial charge on any atom is -0.422 e. The number of rotatable bonds is 4. The average Bonchev–Trinajstić information content (AvgIpc) is 2.47. The maximum absolute atomic E-state index is 12.7. The SMILES string of the molecule is Cc1c(C(=O)N(C)CC(C)(C)CN)c(=O)oc2ccc(Br)cc12. The van der Waals surface area contributed by atoms with Crippen LogP contribution in [0.4, 0.5) is 0 Å². The maximum atomic E-state index is 12.7. The molecule has 2 aromatic rings. The van der Waals surface area contributed by atoms with Gasteiger partial charge in [0.2, 0.25) is 0 Å². The van der Waals surface area contributed by atoms with Gasteiger partial charge in [0.05, 0.1) is 0 Å². The average molecular weight is 381 g/mol. The molecule has 0 saturated heterocycles. The fourth-order valence-corrected chi connectivity index (χ4v) is 2.90. The summed E-state index contributed by atoms with van der Waals surface area (Å²) in [6.45, 7) is 6.62. The third-order valence-corrected chi connectivity index (χ3v) is 4.40. The lowest BCUT2D eigenvalue weighted by Crippen LogP contribution is -2.41. The summed E-state index contributed by atoms with van der Waals surface area (Å²) in [5, 5.41) is 0.744. The van der Waals surface area contributed by atoms with Crippen LogP contribution in [-0.2, 0) is 0 Å². The van der Waals surface area contributed by atoms with Gasteiger partial charge in [-0.2, -0.15) is 0 Å². The van der Waals surface area contributed by atoms with Gasteiger partial charge in [0, 0.05) is 23.5 Å². The highest BCUT2D eigenvalue weighted by atomic mass is 79.9. The van der Waals surface area contributed by atoms with Gasteiger partial charge in [-0.05, 0) is 42.6 Å². The highest BCUT2D eigenvalue weighted by Gasteiger charge is 2.26. The van der Waals surface area contributed by atoms with E-state index in [0.29, 0.717) is 24.2 Å². The molecule has 0 aliphatic carbocycles. The Morgan fingerprint density at radius 1 is 1.39 bits per heavy atom. The van der Waals surface area contributed by atoms with E-state index in [1.807, 2.05) is 19.9 Å². The summed E-state index contributed by atoms with van der Waals surface area (Å²) in [7, 11) is 1.67. The van der Waals surface area contributed by atoms with Crippen molar-refractivity contribution in [2.75, 3.05) is 20.1 Å². The molecule has 1 amide bonds. The maximum Gasteiger partial charge on any atom is 0.349 e. The van der Waals surface area contributed by atoms with Crippen molar-refractivity contribution in [3.05, 3.63) is 44.2 Å². The molecular weight excluding hydrogens is 360 g/mol. The van der Waals surface area contributed by atoms with Gasteiger partial charge >= 0.3 is 5.63 Å². The second-order valence-corrected chi connectivity index (χ2v) is 7.48. The van der Waals surface area contributed by atoms with E-state index < -0.39 is 5.63 Å². The standard InChI is InChI=1S/C17H21BrN2O3/c1-10-12-7-11(18)5-6-13(12)23-16(22)14(10)15(21)20(4)9-17(2,3)8-19/h5-7H,8-9,19H2,1-4H3. The van der Waals surface area contributed by atoms with Crippen LogP contribution in [0.2, 0.25) is 0 Å². The van der Waals surface area contributed by atoms with Gasteiger partial charge in [-0.1, -0.05) is 29.8 Å². The van der Waals surface area contributed by atoms with E-state index in [4.69, 9.17) is 10.2 Å². The van der Waals surface area contributed by atoms with Crippen LogP contribution < -0.4 is 11.4 Å². The highest BCUT2D eigenvalue weighted by Crippen LogP contribution is 2.24. The molecule has 0 atom stereocenters. The summed E-state index contributed by atoms with van der Waals surface area (Å²) in [5.41, 5.74) is 6.06. The van der Waals surface area contributed by atoms with Crippen molar-refractivity contribution in [2.45, 2.75) is 20.8 Å². The minimum atomic E-state index is -0.611. The Hall–Kier alpha value is -1.66. The van der Waals surface area contributed by atoms with E-state index in [0.717, 1.165) is 9.86 Å². The second kappa shape index (κ2) is 6.45.